The van der Waals surface area contributed by atoms with E-state index in [1.807, 2.05) is 6.92 Å². The maximum absolute atomic E-state index is 6.07. The van der Waals surface area contributed by atoms with Crippen LogP contribution in [0, 0.1) is 5.92 Å². The molecule has 0 aromatic carbocycles. The van der Waals surface area contributed by atoms with Crippen molar-refractivity contribution in [1.29, 1.82) is 0 Å². The number of nitrogens with zero attached hydrogens (tertiary/aromatic N) is 3. The molecule has 0 N–H and O–H groups in total. The first-order valence-corrected chi connectivity index (χ1v) is 13.9. The predicted octanol–water partition coefficient (Wildman–Crippen LogP) is 7.64. The van der Waals surface area contributed by atoms with Crippen molar-refractivity contribution in [3.8, 4) is 0 Å². The minimum atomic E-state index is -2.72. The van der Waals surface area contributed by atoms with Gasteiger partial charge in [-0.25, -0.2) is 9.03 Å². The Hall–Kier alpha value is 1.85. The third kappa shape index (κ3) is 4.51. The van der Waals surface area contributed by atoms with Gasteiger partial charge in [-0.3, -0.25) is 0 Å². The zero-order valence-corrected chi connectivity index (χ0v) is 14.9. The molecule has 0 spiro atoms. The van der Waals surface area contributed by atoms with Crippen molar-refractivity contribution in [3.05, 3.63) is 0 Å². The Morgan fingerprint density at radius 2 is 1.44 bits per heavy atom. The third-order valence-electron chi connectivity index (χ3n) is 1.93. The SMILES string of the molecule is CCP1(CC(C)C)=NP(Cl)(Cl)=NP(Cl)(Cl)=N1. The lowest BCUT2D eigenvalue weighted by Crippen LogP contribution is -1.99. The number of rotatable bonds is 3. The molecule has 10 heteroatoms. The fourth-order valence-electron chi connectivity index (χ4n) is 1.50. The lowest BCUT2D eigenvalue weighted by molar-refractivity contribution is 0.741. The molecule has 0 saturated carbocycles. The average molecular weight is 363 g/mol. The molecule has 1 unspecified atom stereocenters. The molecule has 0 aromatic heterocycles. The highest BCUT2D eigenvalue weighted by atomic mass is 35.9. The van der Waals surface area contributed by atoms with Gasteiger partial charge in [0.2, 0.25) is 0 Å². The first kappa shape index (κ1) is 15.9. The zero-order valence-electron chi connectivity index (χ0n) is 9.19. The summed E-state index contributed by atoms with van der Waals surface area (Å²) in [6, 6.07) is 0. The molecule has 0 bridgehead atoms. The van der Waals surface area contributed by atoms with Gasteiger partial charge < -0.3 is 0 Å². The minimum absolute atomic E-state index is 0.459. The molecule has 96 valence electrons. The van der Waals surface area contributed by atoms with Gasteiger partial charge in [0.15, 0.2) is 0 Å². The molecule has 1 heterocycles. The van der Waals surface area contributed by atoms with Crippen molar-refractivity contribution in [3.63, 3.8) is 0 Å². The van der Waals surface area contributed by atoms with Gasteiger partial charge in [-0.15, -0.1) is 0 Å². The summed E-state index contributed by atoms with van der Waals surface area (Å²) >= 11 is 24.3. The van der Waals surface area contributed by atoms with Gasteiger partial charge in [-0.2, -0.15) is 4.52 Å². The van der Waals surface area contributed by atoms with Crippen molar-refractivity contribution in [2.24, 2.45) is 19.5 Å². The van der Waals surface area contributed by atoms with Crippen molar-refractivity contribution in [2.45, 2.75) is 20.8 Å². The highest BCUT2D eigenvalue weighted by Gasteiger charge is 2.32. The predicted molar refractivity (Wildman–Crippen MR) is 81.7 cm³/mol. The fourth-order valence-corrected chi connectivity index (χ4v) is 19.5. The minimum Gasteiger partial charge on any atom is -0.213 e. The Bertz CT molecular complexity index is 425. The smallest absolute Gasteiger partial charge is 0.213 e. The molecule has 0 aromatic rings. The Balaban J connectivity index is 3.38. The highest BCUT2D eigenvalue weighted by Crippen LogP contribution is 2.85. The van der Waals surface area contributed by atoms with Crippen molar-refractivity contribution >= 4 is 64.0 Å². The van der Waals surface area contributed by atoms with Crippen LogP contribution >= 0.6 is 64.0 Å². The molecule has 0 amide bonds. The van der Waals surface area contributed by atoms with E-state index in [0.717, 1.165) is 12.3 Å². The van der Waals surface area contributed by atoms with Crippen LogP contribution in [0.1, 0.15) is 20.8 Å². The monoisotopic (exact) mass is 361 g/mol. The van der Waals surface area contributed by atoms with Crippen LogP contribution in [0.15, 0.2) is 13.5 Å². The fraction of sp³-hybridized carbons (Fsp3) is 1.00. The van der Waals surface area contributed by atoms with Gasteiger partial charge in [0.05, 0.1) is 7.21 Å². The van der Waals surface area contributed by atoms with E-state index in [1.165, 1.54) is 0 Å². The summed E-state index contributed by atoms with van der Waals surface area (Å²) in [5.41, 5.74) is 0. The normalized spacial score (nSPS) is 31.5. The van der Waals surface area contributed by atoms with Gasteiger partial charge in [-0.05, 0) is 57.0 Å². The highest BCUT2D eigenvalue weighted by molar-refractivity contribution is 8.21. The lowest BCUT2D eigenvalue weighted by Gasteiger charge is -2.27. The van der Waals surface area contributed by atoms with E-state index >= 15 is 0 Å². The van der Waals surface area contributed by atoms with Gasteiger partial charge >= 0.3 is 0 Å². The van der Waals surface area contributed by atoms with Crippen molar-refractivity contribution in [2.75, 3.05) is 12.3 Å². The molecule has 0 radical (unpaired) electrons. The summed E-state index contributed by atoms with van der Waals surface area (Å²) in [7, 11) is -1.94. The maximum atomic E-state index is 6.07. The van der Waals surface area contributed by atoms with Crippen LogP contribution in [-0.2, 0) is 0 Å². The summed E-state index contributed by atoms with van der Waals surface area (Å²) in [6.45, 7) is 6.24. The second kappa shape index (κ2) is 5.46. The molecule has 0 saturated heterocycles. The van der Waals surface area contributed by atoms with Crippen LogP contribution in [0.25, 0.3) is 0 Å². The molecule has 3 nitrogen and oxygen atoms in total. The molecule has 1 aliphatic heterocycles. The molecule has 1 aliphatic rings. The summed E-state index contributed by atoms with van der Waals surface area (Å²) in [6.07, 6.45) is 1.64. The average Bonchev–Trinajstić information content (AvgIpc) is 1.96. The van der Waals surface area contributed by atoms with Crippen LogP contribution < -0.4 is 0 Å². The Morgan fingerprint density at radius 1 is 0.938 bits per heavy atom. The topological polar surface area (TPSA) is 37.1 Å². The lowest BCUT2D eigenvalue weighted by atomic mass is 10.3. The molecular formula is C6H14Cl4N3P3. The van der Waals surface area contributed by atoms with E-state index in [4.69, 9.17) is 45.0 Å². The maximum Gasteiger partial charge on any atom is 0.255 e. The van der Waals surface area contributed by atoms with E-state index in [9.17, 15) is 0 Å². The van der Waals surface area contributed by atoms with Gasteiger partial charge in [0.1, 0.15) is 0 Å². The summed E-state index contributed by atoms with van der Waals surface area (Å²) in [5, 5.41) is 0. The largest absolute Gasteiger partial charge is 0.255 e. The van der Waals surface area contributed by atoms with Gasteiger partial charge in [0, 0.05) is 6.16 Å². The quantitative estimate of drug-likeness (QED) is 0.462. The van der Waals surface area contributed by atoms with Crippen molar-refractivity contribution < 1.29 is 0 Å². The van der Waals surface area contributed by atoms with Crippen LogP contribution in [0.3, 0.4) is 0 Å². The van der Waals surface area contributed by atoms with Crippen LogP contribution in [0.5, 0.6) is 0 Å². The zero-order chi connectivity index (χ0) is 12.6. The number of hydrogen-bond acceptors (Lipinski definition) is 3. The van der Waals surface area contributed by atoms with E-state index in [-0.39, 0.29) is 0 Å². The van der Waals surface area contributed by atoms with E-state index in [0.29, 0.717) is 5.92 Å². The van der Waals surface area contributed by atoms with Gasteiger partial charge in [-0.1, -0.05) is 20.8 Å². The first-order valence-electron chi connectivity index (χ1n) is 4.78. The Labute approximate surface area is 116 Å². The second-order valence-electron chi connectivity index (χ2n) is 3.95. The number of hydrogen-bond donors (Lipinski definition) is 0. The molecule has 1 rings (SSSR count). The molecule has 1 atom stereocenters. The van der Waals surface area contributed by atoms with E-state index < -0.39 is 19.0 Å². The Kier molecular flexibility index (Phi) is 5.43. The molecule has 0 fully saturated rings. The van der Waals surface area contributed by atoms with Gasteiger partial charge in [0.25, 0.3) is 11.8 Å². The Morgan fingerprint density at radius 3 is 1.81 bits per heavy atom. The molecular weight excluding hydrogens is 349 g/mol. The summed E-state index contributed by atoms with van der Waals surface area (Å²) in [4.78, 5) is 0. The molecule has 16 heavy (non-hydrogen) atoms. The standard InChI is InChI=1S/C6H14Cl4N3P3/c1-4-14(5-6(2)3)11-15(7,8)13-16(9,10)12-14/h6H,4-5H2,1-3H3. The van der Waals surface area contributed by atoms with E-state index in [2.05, 4.69) is 27.4 Å². The van der Waals surface area contributed by atoms with Crippen molar-refractivity contribution in [1.82, 2.24) is 0 Å². The molecule has 0 aliphatic carbocycles. The summed E-state index contributed by atoms with van der Waals surface area (Å²) in [5.74, 6) is -4.97. The first-order chi connectivity index (χ1) is 7.10. The summed E-state index contributed by atoms with van der Waals surface area (Å²) < 4.78 is 12.9. The van der Waals surface area contributed by atoms with Crippen LogP contribution in [-0.4, -0.2) is 12.3 Å². The van der Waals surface area contributed by atoms with Crippen LogP contribution in [0.4, 0.5) is 0 Å². The van der Waals surface area contributed by atoms with E-state index in [1.54, 1.807) is 0 Å². The third-order valence-corrected chi connectivity index (χ3v) is 15.2. The van der Waals surface area contributed by atoms with Crippen LogP contribution in [0.2, 0.25) is 0 Å². The second-order valence-corrected chi connectivity index (χ2v) is 17.4. The number of halogens is 4.